The Morgan fingerprint density at radius 2 is 1.53 bits per heavy atom. The zero-order valence-corrected chi connectivity index (χ0v) is 31.8. The van der Waals surface area contributed by atoms with E-state index in [9.17, 15) is 33.8 Å². The molecule has 0 aromatic heterocycles. The van der Waals surface area contributed by atoms with Gasteiger partial charge in [0.2, 0.25) is 17.7 Å². The van der Waals surface area contributed by atoms with Gasteiger partial charge in [-0.3, -0.25) is 28.8 Å². The highest BCUT2D eigenvalue weighted by molar-refractivity contribution is 6.50. The van der Waals surface area contributed by atoms with Crippen molar-refractivity contribution in [3.05, 3.63) is 59.7 Å². The Labute approximate surface area is 314 Å². The number of aryl methyl sites for hydroxylation is 1. The van der Waals surface area contributed by atoms with Gasteiger partial charge in [-0.1, -0.05) is 70.4 Å². The molecule has 3 rings (SSSR count). The number of ketones is 2. The van der Waals surface area contributed by atoms with Crippen molar-refractivity contribution in [3.63, 3.8) is 0 Å². The molecule has 7 N–H and O–H groups in total. The smallest absolute Gasteiger partial charge is 0.289 e. The van der Waals surface area contributed by atoms with Crippen LogP contribution in [0.25, 0.3) is 11.1 Å². The minimum atomic E-state index is -1.18. The van der Waals surface area contributed by atoms with Crippen LogP contribution < -0.4 is 22.1 Å². The van der Waals surface area contributed by atoms with Crippen LogP contribution in [-0.2, 0) is 30.4 Å². The van der Waals surface area contributed by atoms with E-state index in [2.05, 4.69) is 41.8 Å². The Balaban J connectivity index is 1.67. The van der Waals surface area contributed by atoms with Gasteiger partial charge >= 0.3 is 0 Å². The number of rotatable bonds is 22. The fraction of sp³-hybridized carbons (Fsp3) is 0.550. The fourth-order valence-electron chi connectivity index (χ4n) is 6.54. The van der Waals surface area contributed by atoms with E-state index in [-0.39, 0.29) is 24.5 Å². The van der Waals surface area contributed by atoms with Crippen LogP contribution in [0, 0.1) is 5.92 Å². The molecule has 0 bridgehead atoms. The number of primary amides is 1. The minimum absolute atomic E-state index is 0.0652. The van der Waals surface area contributed by atoms with E-state index in [4.69, 9.17) is 11.5 Å². The molecular formula is C40H58BN5O7. The standard InChI is InChI=1S/C40H58BN5O7/c1-5-6-10-28-13-15-29(16-14-28)30-17-19-31(20-18-30)39(51)44-32(11-7-8-21-42)40(52)46-22-9-12-34(46)36(48)23-26(2)38(50)45-33(25-37(43)49)35(47)24-27(3)41(4)53/h13-20,26-27,32-34,53H,5-12,21-25,42H2,1-4H3,(H2,43,49)(H,44,51)(H,45,50)/t26-,27-,32+,33+,34+/m1/s1. The van der Waals surface area contributed by atoms with Crippen LogP contribution in [0.5, 0.6) is 0 Å². The van der Waals surface area contributed by atoms with Gasteiger partial charge in [0.1, 0.15) is 6.04 Å². The molecule has 5 atom stereocenters. The summed E-state index contributed by atoms with van der Waals surface area (Å²) < 4.78 is 0. The summed E-state index contributed by atoms with van der Waals surface area (Å²) >= 11 is 0. The third-order valence-corrected chi connectivity index (χ3v) is 10.1. The summed E-state index contributed by atoms with van der Waals surface area (Å²) in [6.45, 7) is 6.96. The van der Waals surface area contributed by atoms with Crippen LogP contribution in [0.3, 0.4) is 0 Å². The number of hydrogen-bond donors (Lipinski definition) is 5. The number of Topliss-reactive ketones (excluding diaryl/α,β-unsaturated/α-hetero) is 2. The second-order valence-electron chi connectivity index (χ2n) is 14.6. The van der Waals surface area contributed by atoms with Crippen LogP contribution in [0.2, 0.25) is 12.6 Å². The van der Waals surface area contributed by atoms with E-state index in [1.54, 1.807) is 32.8 Å². The largest absolute Gasteiger partial charge is 0.450 e. The first-order valence-corrected chi connectivity index (χ1v) is 19.1. The molecule has 1 aliphatic rings. The lowest BCUT2D eigenvalue weighted by Gasteiger charge is -2.29. The third-order valence-electron chi connectivity index (χ3n) is 10.1. The molecule has 0 saturated carbocycles. The number of benzene rings is 2. The molecule has 13 heteroatoms. The highest BCUT2D eigenvalue weighted by atomic mass is 16.2. The van der Waals surface area contributed by atoms with Gasteiger partial charge in [0.25, 0.3) is 12.8 Å². The van der Waals surface area contributed by atoms with Crippen molar-refractivity contribution >= 4 is 42.1 Å². The predicted molar refractivity (Wildman–Crippen MR) is 207 cm³/mol. The molecule has 0 spiro atoms. The Kier molecular flexibility index (Phi) is 17.4. The number of amides is 4. The Hall–Kier alpha value is -4.36. The maximum atomic E-state index is 14.0. The summed E-state index contributed by atoms with van der Waals surface area (Å²) in [4.78, 5) is 80.2. The maximum absolute atomic E-state index is 14.0. The second-order valence-corrected chi connectivity index (χ2v) is 14.6. The summed E-state index contributed by atoms with van der Waals surface area (Å²) in [6.07, 6.45) is 5.28. The molecule has 1 fully saturated rings. The molecule has 2 aromatic carbocycles. The third kappa shape index (κ3) is 13.2. The lowest BCUT2D eigenvalue weighted by molar-refractivity contribution is -0.140. The van der Waals surface area contributed by atoms with E-state index < -0.39 is 66.7 Å². The molecule has 1 saturated heterocycles. The van der Waals surface area contributed by atoms with Crippen molar-refractivity contribution < 1.29 is 33.8 Å². The van der Waals surface area contributed by atoms with E-state index in [0.717, 1.165) is 30.4 Å². The van der Waals surface area contributed by atoms with Crippen molar-refractivity contribution in [2.45, 2.75) is 122 Å². The number of carbonyl (C=O) groups excluding carboxylic acids is 6. The zero-order chi connectivity index (χ0) is 39.1. The van der Waals surface area contributed by atoms with Crippen LogP contribution in [-0.4, -0.2) is 83.2 Å². The molecule has 0 aliphatic carbocycles. The lowest BCUT2D eigenvalue weighted by Crippen LogP contribution is -2.52. The first kappa shape index (κ1) is 43.1. The van der Waals surface area contributed by atoms with Crippen LogP contribution in [0.4, 0.5) is 0 Å². The molecule has 2 aromatic rings. The Bertz CT molecular complexity index is 1550. The van der Waals surface area contributed by atoms with Crippen LogP contribution >= 0.6 is 0 Å². The highest BCUT2D eigenvalue weighted by Gasteiger charge is 2.38. The lowest BCUT2D eigenvalue weighted by atomic mass is 9.58. The van der Waals surface area contributed by atoms with Gasteiger partial charge in [0, 0.05) is 30.9 Å². The second kappa shape index (κ2) is 21.4. The van der Waals surface area contributed by atoms with E-state index in [1.165, 1.54) is 10.5 Å². The van der Waals surface area contributed by atoms with Crippen LogP contribution in [0.1, 0.15) is 101 Å². The molecule has 0 unspecified atom stereocenters. The average molecular weight is 732 g/mol. The molecule has 288 valence electrons. The van der Waals surface area contributed by atoms with Gasteiger partial charge in [0.05, 0.1) is 18.5 Å². The summed E-state index contributed by atoms with van der Waals surface area (Å²) in [5, 5.41) is 15.3. The summed E-state index contributed by atoms with van der Waals surface area (Å²) in [6, 6.07) is 12.8. The highest BCUT2D eigenvalue weighted by Crippen LogP contribution is 2.25. The van der Waals surface area contributed by atoms with Gasteiger partial charge in [-0.05, 0) is 86.1 Å². The number of unbranched alkanes of at least 4 members (excludes halogenated alkanes) is 2. The van der Waals surface area contributed by atoms with Crippen molar-refractivity contribution in [3.8, 4) is 11.1 Å². The maximum Gasteiger partial charge on any atom is 0.289 e. The summed E-state index contributed by atoms with van der Waals surface area (Å²) in [7, 11) is 0. The van der Waals surface area contributed by atoms with Crippen molar-refractivity contribution in [1.29, 1.82) is 0 Å². The van der Waals surface area contributed by atoms with E-state index >= 15 is 0 Å². The first-order chi connectivity index (χ1) is 25.2. The topological polar surface area (TPSA) is 202 Å². The molecule has 53 heavy (non-hydrogen) atoms. The normalized spacial score (nSPS) is 16.3. The van der Waals surface area contributed by atoms with Gasteiger partial charge in [-0.2, -0.15) is 0 Å². The molecular weight excluding hydrogens is 673 g/mol. The van der Waals surface area contributed by atoms with Crippen LogP contribution in [0.15, 0.2) is 48.5 Å². The van der Waals surface area contributed by atoms with Gasteiger partial charge in [-0.15, -0.1) is 0 Å². The van der Waals surface area contributed by atoms with Gasteiger partial charge in [-0.25, -0.2) is 0 Å². The van der Waals surface area contributed by atoms with Gasteiger partial charge < -0.3 is 32.0 Å². The van der Waals surface area contributed by atoms with Gasteiger partial charge in [0.15, 0.2) is 11.6 Å². The summed E-state index contributed by atoms with van der Waals surface area (Å²) in [5.41, 5.74) is 14.8. The molecule has 4 amide bonds. The monoisotopic (exact) mass is 731 g/mol. The molecule has 1 heterocycles. The molecule has 12 nitrogen and oxygen atoms in total. The van der Waals surface area contributed by atoms with E-state index in [1.807, 2.05) is 12.1 Å². The SMILES string of the molecule is CCCCc1ccc(-c2ccc(C(=O)N[C@@H](CCCCN)C(=O)N3CCC[C@H]3C(=O)C[C@@H](C)C(=O)N[C@@H](CC(N)=O)C(=O)C[C@@H](C)B(C)O)cc2)cc1. The Morgan fingerprint density at radius 1 is 0.887 bits per heavy atom. The van der Waals surface area contributed by atoms with Crippen molar-refractivity contribution in [1.82, 2.24) is 15.5 Å². The quantitative estimate of drug-likeness (QED) is 0.0888. The fourth-order valence-corrected chi connectivity index (χ4v) is 6.54. The first-order valence-electron chi connectivity index (χ1n) is 19.1. The van der Waals surface area contributed by atoms with Crippen molar-refractivity contribution in [2.24, 2.45) is 17.4 Å². The molecule has 1 aliphatic heterocycles. The number of carbonyl (C=O) groups is 6. The Morgan fingerprint density at radius 3 is 2.11 bits per heavy atom. The number of nitrogens with zero attached hydrogens (tertiary/aromatic N) is 1. The number of nitrogens with one attached hydrogen (secondary N) is 2. The zero-order valence-electron chi connectivity index (χ0n) is 31.8. The van der Waals surface area contributed by atoms with E-state index in [0.29, 0.717) is 50.8 Å². The minimum Gasteiger partial charge on any atom is -0.450 e. The molecule has 0 radical (unpaired) electrons. The van der Waals surface area contributed by atoms with Crippen molar-refractivity contribution in [2.75, 3.05) is 13.1 Å². The average Bonchev–Trinajstić information content (AvgIpc) is 3.63. The summed E-state index contributed by atoms with van der Waals surface area (Å²) in [5.74, 6) is -4.13. The predicted octanol–water partition coefficient (Wildman–Crippen LogP) is 3.83. The number of likely N-dealkylation sites (tertiary alicyclic amines) is 1. The number of hydrogen-bond acceptors (Lipinski definition) is 8. The number of nitrogens with two attached hydrogens (primary N) is 2.